The normalized spacial score (nSPS) is 27.7. The molecule has 15 heavy (non-hydrogen) atoms. The summed E-state index contributed by atoms with van der Waals surface area (Å²) in [6.07, 6.45) is 1.65. The maximum absolute atomic E-state index is 11.4. The van der Waals surface area contributed by atoms with E-state index >= 15 is 0 Å². The molecule has 2 heteroatoms. The first-order chi connectivity index (χ1) is 6.73. The molecule has 0 aliphatic carbocycles. The highest BCUT2D eigenvalue weighted by atomic mass is 16.5. The van der Waals surface area contributed by atoms with E-state index in [0.29, 0.717) is 11.8 Å². The second kappa shape index (κ2) is 3.99. The van der Waals surface area contributed by atoms with Crippen molar-refractivity contribution in [2.24, 2.45) is 17.3 Å². The zero-order valence-electron chi connectivity index (χ0n) is 10.6. The Kier molecular flexibility index (Phi) is 3.27. The number of esters is 1. The fourth-order valence-electron chi connectivity index (χ4n) is 2.47. The van der Waals surface area contributed by atoms with E-state index in [2.05, 4.69) is 34.6 Å². The van der Waals surface area contributed by atoms with E-state index in [0.717, 1.165) is 5.57 Å². The summed E-state index contributed by atoms with van der Waals surface area (Å²) >= 11 is 0. The second-order valence-electron chi connectivity index (χ2n) is 5.88. The molecule has 2 nitrogen and oxygen atoms in total. The van der Waals surface area contributed by atoms with E-state index in [9.17, 15) is 4.79 Å². The number of cyclic esters (lactones) is 1. The number of rotatable bonds is 1. The van der Waals surface area contributed by atoms with Crippen LogP contribution in [0.1, 0.15) is 41.5 Å². The summed E-state index contributed by atoms with van der Waals surface area (Å²) < 4.78 is 5.44. The Bertz CT molecular complexity index is 281. The molecule has 0 N–H and O–H groups in total. The van der Waals surface area contributed by atoms with Gasteiger partial charge in [-0.05, 0) is 18.3 Å². The van der Waals surface area contributed by atoms with E-state index in [1.54, 1.807) is 6.08 Å². The predicted octanol–water partition coefficient (Wildman–Crippen LogP) is 3.18. The lowest BCUT2D eigenvalue weighted by Crippen LogP contribution is -2.42. The molecule has 1 heterocycles. The molecule has 0 aromatic carbocycles. The van der Waals surface area contributed by atoms with Crippen LogP contribution in [0.3, 0.4) is 0 Å². The molecule has 0 amide bonds. The van der Waals surface area contributed by atoms with E-state index in [-0.39, 0.29) is 17.5 Å². The third kappa shape index (κ3) is 2.61. The summed E-state index contributed by atoms with van der Waals surface area (Å²) in [5.41, 5.74) is 1.29. The maximum atomic E-state index is 11.4. The van der Waals surface area contributed by atoms with E-state index in [4.69, 9.17) is 4.74 Å². The molecular formula is C13H22O2. The SMILES string of the molecule is CC1=CC(=O)OC(C(C)C)C1C(C)(C)C. The van der Waals surface area contributed by atoms with Crippen molar-refractivity contribution in [2.75, 3.05) is 0 Å². The van der Waals surface area contributed by atoms with Gasteiger partial charge < -0.3 is 4.74 Å². The van der Waals surface area contributed by atoms with Crippen molar-refractivity contribution in [1.82, 2.24) is 0 Å². The van der Waals surface area contributed by atoms with E-state index < -0.39 is 0 Å². The quantitative estimate of drug-likeness (QED) is 0.621. The van der Waals surface area contributed by atoms with Gasteiger partial charge in [-0.1, -0.05) is 40.2 Å². The first-order valence-corrected chi connectivity index (χ1v) is 5.62. The van der Waals surface area contributed by atoms with Crippen molar-refractivity contribution in [3.8, 4) is 0 Å². The minimum Gasteiger partial charge on any atom is -0.458 e. The molecule has 0 aromatic rings. The summed E-state index contributed by atoms with van der Waals surface area (Å²) in [5.74, 6) is 0.503. The third-order valence-corrected chi connectivity index (χ3v) is 3.01. The lowest BCUT2D eigenvalue weighted by Gasteiger charge is -2.41. The highest BCUT2D eigenvalue weighted by molar-refractivity contribution is 5.84. The Balaban J connectivity index is 3.07. The Morgan fingerprint density at radius 2 is 1.87 bits per heavy atom. The highest BCUT2D eigenvalue weighted by Crippen LogP contribution is 2.40. The minimum atomic E-state index is -0.188. The first kappa shape index (κ1) is 12.3. The van der Waals surface area contributed by atoms with Crippen molar-refractivity contribution >= 4 is 5.97 Å². The van der Waals surface area contributed by atoms with Gasteiger partial charge in [0.1, 0.15) is 6.10 Å². The van der Waals surface area contributed by atoms with Crippen molar-refractivity contribution in [2.45, 2.75) is 47.6 Å². The molecule has 0 fully saturated rings. The van der Waals surface area contributed by atoms with Crippen LogP contribution in [-0.4, -0.2) is 12.1 Å². The van der Waals surface area contributed by atoms with Crippen molar-refractivity contribution < 1.29 is 9.53 Å². The van der Waals surface area contributed by atoms with Gasteiger partial charge in [-0.25, -0.2) is 4.79 Å². The Morgan fingerprint density at radius 1 is 1.33 bits per heavy atom. The molecule has 1 aliphatic heterocycles. The summed E-state index contributed by atoms with van der Waals surface area (Å²) in [6.45, 7) is 12.8. The van der Waals surface area contributed by atoms with Gasteiger partial charge >= 0.3 is 5.97 Å². The summed E-state index contributed by atoms with van der Waals surface area (Å²) in [6, 6.07) is 0. The fourth-order valence-corrected chi connectivity index (χ4v) is 2.47. The molecule has 0 aromatic heterocycles. The van der Waals surface area contributed by atoms with Crippen molar-refractivity contribution in [3.63, 3.8) is 0 Å². The number of hydrogen-bond donors (Lipinski definition) is 0. The molecule has 86 valence electrons. The van der Waals surface area contributed by atoms with Crippen molar-refractivity contribution in [3.05, 3.63) is 11.6 Å². The van der Waals surface area contributed by atoms with Gasteiger partial charge in [0.2, 0.25) is 0 Å². The number of hydrogen-bond acceptors (Lipinski definition) is 2. The van der Waals surface area contributed by atoms with Gasteiger partial charge in [-0.3, -0.25) is 0 Å². The van der Waals surface area contributed by atoms with Gasteiger partial charge in [-0.15, -0.1) is 0 Å². The zero-order chi connectivity index (χ0) is 11.8. The molecular weight excluding hydrogens is 188 g/mol. The van der Waals surface area contributed by atoms with Gasteiger partial charge in [0.05, 0.1) is 0 Å². The molecule has 0 bridgehead atoms. The van der Waals surface area contributed by atoms with Crippen LogP contribution in [0.25, 0.3) is 0 Å². The molecule has 0 spiro atoms. The molecule has 2 unspecified atom stereocenters. The van der Waals surface area contributed by atoms with Crippen LogP contribution < -0.4 is 0 Å². The summed E-state index contributed by atoms with van der Waals surface area (Å²) in [5, 5.41) is 0. The number of carbonyl (C=O) groups is 1. The topological polar surface area (TPSA) is 26.3 Å². The lowest BCUT2D eigenvalue weighted by molar-refractivity contribution is -0.152. The molecule has 0 radical (unpaired) electrons. The lowest BCUT2D eigenvalue weighted by atomic mass is 9.70. The molecule has 1 rings (SSSR count). The van der Waals surface area contributed by atoms with Crippen LogP contribution in [0, 0.1) is 17.3 Å². The Hall–Kier alpha value is -0.790. The monoisotopic (exact) mass is 210 g/mol. The Labute approximate surface area is 92.7 Å². The van der Waals surface area contributed by atoms with Crippen LogP contribution in [0.2, 0.25) is 0 Å². The number of ether oxygens (including phenoxy) is 1. The van der Waals surface area contributed by atoms with Gasteiger partial charge in [0.25, 0.3) is 0 Å². The minimum absolute atomic E-state index is 0.0162. The first-order valence-electron chi connectivity index (χ1n) is 5.62. The van der Waals surface area contributed by atoms with Crippen LogP contribution in [0.15, 0.2) is 11.6 Å². The molecule has 2 atom stereocenters. The smallest absolute Gasteiger partial charge is 0.331 e. The van der Waals surface area contributed by atoms with Gasteiger partial charge in [-0.2, -0.15) is 0 Å². The standard InChI is InChI=1S/C13H22O2/c1-8(2)12-11(13(4,5)6)9(3)7-10(14)15-12/h7-8,11-12H,1-6H3. The van der Waals surface area contributed by atoms with Gasteiger partial charge in [0.15, 0.2) is 0 Å². The van der Waals surface area contributed by atoms with E-state index in [1.807, 2.05) is 6.92 Å². The largest absolute Gasteiger partial charge is 0.458 e. The average molecular weight is 210 g/mol. The van der Waals surface area contributed by atoms with Crippen LogP contribution in [0.4, 0.5) is 0 Å². The van der Waals surface area contributed by atoms with Gasteiger partial charge in [0, 0.05) is 12.0 Å². The number of carbonyl (C=O) groups excluding carboxylic acids is 1. The summed E-state index contributed by atoms with van der Waals surface area (Å²) in [7, 11) is 0. The zero-order valence-corrected chi connectivity index (χ0v) is 10.6. The predicted molar refractivity (Wildman–Crippen MR) is 61.4 cm³/mol. The molecule has 0 saturated heterocycles. The molecule has 1 aliphatic rings. The van der Waals surface area contributed by atoms with Crippen LogP contribution >= 0.6 is 0 Å². The summed E-state index contributed by atoms with van der Waals surface area (Å²) in [4.78, 5) is 11.4. The molecule has 0 saturated carbocycles. The van der Waals surface area contributed by atoms with Crippen molar-refractivity contribution in [1.29, 1.82) is 0 Å². The highest BCUT2D eigenvalue weighted by Gasteiger charge is 2.40. The average Bonchev–Trinajstić information content (AvgIpc) is 1.99. The maximum Gasteiger partial charge on any atom is 0.331 e. The second-order valence-corrected chi connectivity index (χ2v) is 5.88. The van der Waals surface area contributed by atoms with Crippen LogP contribution in [0.5, 0.6) is 0 Å². The van der Waals surface area contributed by atoms with Crippen LogP contribution in [-0.2, 0) is 9.53 Å². The Morgan fingerprint density at radius 3 is 2.27 bits per heavy atom. The third-order valence-electron chi connectivity index (χ3n) is 3.01. The fraction of sp³-hybridized carbons (Fsp3) is 0.769. The van der Waals surface area contributed by atoms with E-state index in [1.165, 1.54) is 0 Å².